The van der Waals surface area contributed by atoms with Gasteiger partial charge in [-0.25, -0.2) is 0 Å². The zero-order chi connectivity index (χ0) is 0. The minimum absolute atomic E-state index is 0. The first-order chi connectivity index (χ1) is 0. The summed E-state index contributed by atoms with van der Waals surface area (Å²) in [5.41, 5.74) is 0. The van der Waals surface area contributed by atoms with Crippen LogP contribution in [0.3, 0.4) is 0 Å². The van der Waals surface area contributed by atoms with E-state index in [1.807, 2.05) is 0 Å². The molecule has 0 spiro atoms. The molecule has 0 aliphatic rings. The maximum absolute atomic E-state index is 0. The van der Waals surface area contributed by atoms with Crippen LogP contribution >= 0.6 is 0 Å². The summed E-state index contributed by atoms with van der Waals surface area (Å²) in [6.07, 6.45) is 0. The van der Waals surface area contributed by atoms with Crippen molar-refractivity contribution in [2.45, 2.75) is 0 Å². The molecule has 0 atom stereocenters. The van der Waals surface area contributed by atoms with Crippen LogP contribution in [0.1, 0.15) is 0 Å². The van der Waals surface area contributed by atoms with E-state index in [4.69, 9.17) is 0 Å². The third-order valence-electron chi connectivity index (χ3n) is 0. The van der Waals surface area contributed by atoms with Gasteiger partial charge in [-0.1, -0.05) is 0 Å². The van der Waals surface area contributed by atoms with Gasteiger partial charge in [0.15, 0.2) is 0 Å². The molecular weight excluding hydrogens is 341 g/mol. The quantitative estimate of drug-likeness (QED) is 0.384. The Morgan fingerprint density at radius 1 is 0.500 bits per heavy atom. The topological polar surface area (TPSA) is 0 Å². The molecule has 0 saturated heterocycles. The molecular formula is Br3Ru-. The minimum Gasteiger partial charge on any atom is -1.00 e. The third kappa shape index (κ3) is 8.96. The van der Waals surface area contributed by atoms with Crippen molar-refractivity contribution in [2.75, 3.05) is 0 Å². The molecule has 0 aromatic carbocycles. The molecule has 0 fully saturated rings. The van der Waals surface area contributed by atoms with E-state index in [-0.39, 0.29) is 70.4 Å². The second-order valence-corrected chi connectivity index (χ2v) is 0. The minimum atomic E-state index is 0. The summed E-state index contributed by atoms with van der Waals surface area (Å²) in [5, 5.41) is 0. The Morgan fingerprint density at radius 2 is 0.500 bits per heavy atom. The van der Waals surface area contributed by atoms with Gasteiger partial charge in [-0.15, -0.1) is 0 Å². The second kappa shape index (κ2) is 19.6. The van der Waals surface area contributed by atoms with Gasteiger partial charge in [-0.05, 0) is 0 Å². The van der Waals surface area contributed by atoms with Crippen molar-refractivity contribution < 1.29 is 70.4 Å². The molecule has 4 heavy (non-hydrogen) atoms. The first kappa shape index (κ1) is 36.5. The Hall–Kier alpha value is 2.06. The van der Waals surface area contributed by atoms with Crippen LogP contribution in [0.25, 0.3) is 0 Å². The molecule has 0 aromatic rings. The Bertz CT molecular complexity index is 3.25. The van der Waals surface area contributed by atoms with Crippen LogP contribution in [0.2, 0.25) is 0 Å². The molecule has 0 rings (SSSR count). The van der Waals surface area contributed by atoms with E-state index in [0.29, 0.717) is 0 Å². The molecule has 4 heteroatoms. The average molecular weight is 341 g/mol. The van der Waals surface area contributed by atoms with Gasteiger partial charge >= 0.3 is 19.5 Å². The van der Waals surface area contributed by atoms with Crippen molar-refractivity contribution in [1.29, 1.82) is 0 Å². The smallest absolute Gasteiger partial charge is 1.00 e. The fourth-order valence-corrected chi connectivity index (χ4v) is 0. The maximum atomic E-state index is 0. The summed E-state index contributed by atoms with van der Waals surface area (Å²) in [7, 11) is 0. The average Bonchev–Trinajstić information content (AvgIpc) is 0. The number of hydrogen-bond acceptors (Lipinski definition) is 0. The third-order valence-corrected chi connectivity index (χ3v) is 0. The van der Waals surface area contributed by atoms with Crippen LogP contribution in [0.4, 0.5) is 0 Å². The molecule has 30 valence electrons. The van der Waals surface area contributed by atoms with E-state index >= 15 is 0 Å². The molecule has 0 unspecified atom stereocenters. The van der Waals surface area contributed by atoms with Gasteiger partial charge in [0.1, 0.15) is 0 Å². The summed E-state index contributed by atoms with van der Waals surface area (Å²) in [5.74, 6) is 0. The van der Waals surface area contributed by atoms with Crippen molar-refractivity contribution in [1.82, 2.24) is 0 Å². The van der Waals surface area contributed by atoms with Gasteiger partial charge < -0.3 is 50.9 Å². The van der Waals surface area contributed by atoms with Gasteiger partial charge in [0.25, 0.3) is 0 Å². The predicted molar refractivity (Wildman–Crippen MR) is 0 cm³/mol. The van der Waals surface area contributed by atoms with Crippen LogP contribution in [0.15, 0.2) is 0 Å². The van der Waals surface area contributed by atoms with E-state index in [9.17, 15) is 0 Å². The maximum Gasteiger partial charge on any atom is 2.00 e. The van der Waals surface area contributed by atoms with E-state index in [1.54, 1.807) is 0 Å². The van der Waals surface area contributed by atoms with Crippen molar-refractivity contribution >= 4 is 0 Å². The van der Waals surface area contributed by atoms with Crippen molar-refractivity contribution in [2.24, 2.45) is 0 Å². The van der Waals surface area contributed by atoms with Gasteiger partial charge in [0.05, 0.1) is 0 Å². The zero-order valence-corrected chi connectivity index (χ0v) is 7.98. The largest absolute Gasteiger partial charge is 2.00 e. The van der Waals surface area contributed by atoms with E-state index in [0.717, 1.165) is 0 Å². The van der Waals surface area contributed by atoms with Gasteiger partial charge in [0.2, 0.25) is 0 Å². The second-order valence-electron chi connectivity index (χ2n) is 0. The zero-order valence-electron chi connectivity index (χ0n) is 1.49. The van der Waals surface area contributed by atoms with Crippen LogP contribution in [0.5, 0.6) is 0 Å². The van der Waals surface area contributed by atoms with Crippen LogP contribution in [-0.2, 0) is 19.5 Å². The van der Waals surface area contributed by atoms with Crippen molar-refractivity contribution in [3.63, 3.8) is 0 Å². The van der Waals surface area contributed by atoms with E-state index < -0.39 is 0 Å². The van der Waals surface area contributed by atoms with Gasteiger partial charge in [-0.2, -0.15) is 0 Å². The molecule has 0 heterocycles. The monoisotopic (exact) mass is 339 g/mol. The molecule has 0 aliphatic heterocycles. The van der Waals surface area contributed by atoms with E-state index in [1.165, 1.54) is 0 Å². The Kier molecular flexibility index (Phi) is 179. The number of rotatable bonds is 0. The molecule has 0 radical (unpaired) electrons. The summed E-state index contributed by atoms with van der Waals surface area (Å²) < 4.78 is 0. The molecule has 0 N–H and O–H groups in total. The molecule has 0 aromatic heterocycles. The molecule has 0 saturated carbocycles. The number of hydrogen-bond donors (Lipinski definition) is 0. The van der Waals surface area contributed by atoms with E-state index in [2.05, 4.69) is 0 Å². The standard InChI is InChI=1S/3BrH.Ru/h3*1H;/q;;;+2/p-3. The van der Waals surface area contributed by atoms with Crippen molar-refractivity contribution in [3.8, 4) is 0 Å². The number of halogens is 3. The Labute approximate surface area is 69.8 Å². The fraction of sp³-hybridized carbons (Fsp3) is 0. The Balaban J connectivity index is 0. The SMILES string of the molecule is [Br-].[Br-].[Br-].[Ru+2]. The van der Waals surface area contributed by atoms with Crippen LogP contribution < -0.4 is 50.9 Å². The first-order valence-corrected chi connectivity index (χ1v) is 0. The van der Waals surface area contributed by atoms with Crippen molar-refractivity contribution in [3.05, 3.63) is 0 Å². The van der Waals surface area contributed by atoms with Crippen LogP contribution in [0, 0.1) is 0 Å². The van der Waals surface area contributed by atoms with Crippen LogP contribution in [-0.4, -0.2) is 0 Å². The predicted octanol–water partition coefficient (Wildman–Crippen LogP) is -8.99. The molecule has 0 amide bonds. The molecule has 0 aliphatic carbocycles. The Morgan fingerprint density at radius 3 is 0.500 bits per heavy atom. The molecule has 0 nitrogen and oxygen atoms in total. The summed E-state index contributed by atoms with van der Waals surface area (Å²) in [6.45, 7) is 0. The first-order valence-electron chi connectivity index (χ1n) is 0. The summed E-state index contributed by atoms with van der Waals surface area (Å²) in [6, 6.07) is 0. The van der Waals surface area contributed by atoms with Gasteiger partial charge in [-0.3, -0.25) is 0 Å². The summed E-state index contributed by atoms with van der Waals surface area (Å²) in [4.78, 5) is 0. The summed E-state index contributed by atoms with van der Waals surface area (Å²) >= 11 is 0. The van der Waals surface area contributed by atoms with Gasteiger partial charge in [0, 0.05) is 0 Å². The molecule has 0 bridgehead atoms. The fourth-order valence-electron chi connectivity index (χ4n) is 0. The normalized spacial score (nSPS) is 0.